The third-order valence-electron chi connectivity index (χ3n) is 0. The van der Waals surface area contributed by atoms with Crippen LogP contribution in [0.2, 0.25) is 0 Å². The Balaban J connectivity index is 0. The Hall–Kier alpha value is 0.412. The summed E-state index contributed by atoms with van der Waals surface area (Å²) in [4.78, 5) is 0. The van der Waals surface area contributed by atoms with Crippen LogP contribution in [0.1, 0.15) is 6.92 Å². The van der Waals surface area contributed by atoms with Crippen molar-refractivity contribution in [3.8, 4) is 6.07 Å². The third-order valence-corrected chi connectivity index (χ3v) is 0. The van der Waals surface area contributed by atoms with Crippen LogP contribution >= 0.6 is 0 Å². The minimum Gasteiger partial charge on any atom is -0.199 e. The molecule has 0 unspecified atom stereocenters. The Bertz CT molecular complexity index is 27.5. The fraction of sp³-hybridized carbons (Fsp3) is 0.500. The first-order valence-corrected chi connectivity index (χ1v) is 0.724. The molecule has 0 aliphatic rings. The molecule has 0 N–H and O–H groups in total. The second-order valence-electron chi connectivity index (χ2n) is 0.224. The molecule has 0 saturated heterocycles. The van der Waals surface area contributed by atoms with Crippen molar-refractivity contribution in [2.45, 2.75) is 6.92 Å². The van der Waals surface area contributed by atoms with Crippen molar-refractivity contribution in [1.29, 1.82) is 5.26 Å². The zero-order valence-corrected chi connectivity index (χ0v) is 6.33. The van der Waals surface area contributed by atoms with Gasteiger partial charge >= 0.3 is 0 Å². The normalized spacial score (nSPS) is 2.00. The van der Waals surface area contributed by atoms with Crippen LogP contribution in [0.15, 0.2) is 0 Å². The average Bonchev–Trinajstić information content (AvgIpc) is 0.918. The van der Waals surface area contributed by atoms with Crippen molar-refractivity contribution < 1.29 is 0 Å². The van der Waals surface area contributed by atoms with E-state index >= 15 is 0 Å². The van der Waals surface area contributed by atoms with Gasteiger partial charge in [-0.3, -0.25) is 0 Å². The van der Waals surface area contributed by atoms with Gasteiger partial charge in [-0.15, -0.1) is 0 Å². The second-order valence-corrected chi connectivity index (χ2v) is 0.224. The molecule has 0 aromatic rings. The number of hydrogen-bond acceptors (Lipinski definition) is 1. The maximum atomic E-state index is 7.32. The van der Waals surface area contributed by atoms with Crippen LogP contribution in [-0.4, -0.2) is 27.3 Å². The fourth-order valence-electron chi connectivity index (χ4n) is 0. The summed E-state index contributed by atoms with van der Waals surface area (Å²) in [6.45, 7) is 1.43. The van der Waals surface area contributed by atoms with E-state index in [-0.39, 0.29) is 27.3 Å². The van der Waals surface area contributed by atoms with Crippen LogP contribution in [0.25, 0.3) is 0 Å². The molecule has 0 heterocycles. The van der Waals surface area contributed by atoms with Gasteiger partial charge in [0.2, 0.25) is 0 Å². The smallest absolute Gasteiger partial charge is 0.0587 e. The Kier molecular flexibility index (Phi) is 22.0. The van der Waals surface area contributed by atoms with Crippen molar-refractivity contribution in [1.82, 2.24) is 0 Å². The molecule has 0 aromatic heterocycles. The summed E-state index contributed by atoms with van der Waals surface area (Å²) < 4.78 is 0. The monoisotopic (exact) mass is 249 g/mol. The summed E-state index contributed by atoms with van der Waals surface area (Å²) in [5.41, 5.74) is 0. The molecule has 0 aliphatic heterocycles. The van der Waals surface area contributed by atoms with Gasteiger partial charge in [0, 0.05) is 34.2 Å². The van der Waals surface area contributed by atoms with Crippen LogP contribution in [0.3, 0.4) is 0 Å². The van der Waals surface area contributed by atoms with Gasteiger partial charge < -0.3 is 0 Å². The maximum absolute atomic E-state index is 7.32. The van der Waals surface area contributed by atoms with Crippen molar-refractivity contribution in [3.05, 3.63) is 0 Å². The molecule has 2 heteroatoms. The van der Waals surface area contributed by atoms with Crippen molar-refractivity contribution in [2.75, 3.05) is 0 Å². The molecule has 0 spiro atoms. The molecule has 0 rings (SSSR count). The van der Waals surface area contributed by atoms with E-state index in [9.17, 15) is 0 Å². The summed E-state index contributed by atoms with van der Waals surface area (Å²) >= 11 is 0. The molecular weight excluding hydrogens is 245 g/mol. The molecule has 0 bridgehead atoms. The van der Waals surface area contributed by atoms with Gasteiger partial charge in [-0.2, -0.15) is 5.26 Å². The molecule has 0 saturated carbocycles. The van der Waals surface area contributed by atoms with Gasteiger partial charge in [-0.1, -0.05) is 0 Å². The van der Waals surface area contributed by atoms with E-state index in [1.54, 1.807) is 6.07 Å². The predicted molar refractivity (Wildman–Crippen MR) is 17.0 cm³/mol. The van der Waals surface area contributed by atoms with E-state index in [2.05, 4.69) is 0 Å². The topological polar surface area (TPSA) is 23.8 Å². The fourth-order valence-corrected chi connectivity index (χ4v) is 0. The van der Waals surface area contributed by atoms with Gasteiger partial charge in [0.15, 0.2) is 0 Å². The van der Waals surface area contributed by atoms with Crippen LogP contribution in [-0.2, 0) is 0 Å². The zero-order valence-electron chi connectivity index (χ0n) is 2.45. The van der Waals surface area contributed by atoms with Crippen LogP contribution in [0.4, 0.5) is 0 Å². The predicted octanol–water partition coefficient (Wildman–Crippen LogP) is 0.149. The summed E-state index contributed by atoms with van der Waals surface area (Å²) in [6.07, 6.45) is 0. The number of rotatable bonds is 0. The molecular formula is C2H3NPb. The molecule has 0 aliphatic carbocycles. The largest absolute Gasteiger partial charge is 0.199 e. The average molecular weight is 248 g/mol. The van der Waals surface area contributed by atoms with E-state index < -0.39 is 0 Å². The number of nitriles is 1. The quantitative estimate of drug-likeness (QED) is 0.560. The minimum absolute atomic E-state index is 0. The Morgan fingerprint density at radius 3 is 1.75 bits per heavy atom. The summed E-state index contributed by atoms with van der Waals surface area (Å²) in [5, 5.41) is 7.32. The summed E-state index contributed by atoms with van der Waals surface area (Å²) in [7, 11) is 0. The minimum atomic E-state index is 0. The van der Waals surface area contributed by atoms with E-state index in [1.807, 2.05) is 0 Å². The van der Waals surface area contributed by atoms with E-state index in [4.69, 9.17) is 5.26 Å². The third kappa shape index (κ3) is 28.3. The van der Waals surface area contributed by atoms with Crippen molar-refractivity contribution >= 4 is 27.3 Å². The molecule has 0 fully saturated rings. The van der Waals surface area contributed by atoms with E-state index in [0.29, 0.717) is 0 Å². The van der Waals surface area contributed by atoms with Gasteiger partial charge in [0.05, 0.1) is 6.07 Å². The van der Waals surface area contributed by atoms with E-state index in [0.717, 1.165) is 0 Å². The maximum Gasteiger partial charge on any atom is 0.0587 e. The molecule has 0 amide bonds. The first kappa shape index (κ1) is 8.83. The second kappa shape index (κ2) is 9.96. The van der Waals surface area contributed by atoms with Gasteiger partial charge in [-0.05, 0) is 0 Å². The van der Waals surface area contributed by atoms with Gasteiger partial charge in [0.25, 0.3) is 0 Å². The first-order chi connectivity index (χ1) is 1.41. The van der Waals surface area contributed by atoms with Gasteiger partial charge in [0.1, 0.15) is 0 Å². The Morgan fingerprint density at radius 1 is 1.75 bits per heavy atom. The van der Waals surface area contributed by atoms with Crippen molar-refractivity contribution in [3.63, 3.8) is 0 Å². The molecule has 4 radical (unpaired) electrons. The number of nitrogens with zero attached hydrogens (tertiary/aromatic N) is 1. The molecule has 4 heavy (non-hydrogen) atoms. The van der Waals surface area contributed by atoms with Crippen LogP contribution in [0, 0.1) is 11.3 Å². The summed E-state index contributed by atoms with van der Waals surface area (Å²) in [5.74, 6) is 0. The first-order valence-electron chi connectivity index (χ1n) is 0.724. The van der Waals surface area contributed by atoms with Crippen LogP contribution < -0.4 is 0 Å². The molecule has 0 atom stereocenters. The van der Waals surface area contributed by atoms with E-state index in [1.165, 1.54) is 6.92 Å². The van der Waals surface area contributed by atoms with Crippen LogP contribution in [0.5, 0.6) is 0 Å². The molecule has 0 aromatic carbocycles. The van der Waals surface area contributed by atoms with Gasteiger partial charge in [-0.25, -0.2) is 0 Å². The molecule has 1 nitrogen and oxygen atoms in total. The zero-order chi connectivity index (χ0) is 2.71. The standard InChI is InChI=1S/C2H3N.Pb/c1-2-3;/h1H3;. The molecule has 20 valence electrons. The van der Waals surface area contributed by atoms with Crippen molar-refractivity contribution in [2.24, 2.45) is 0 Å². The summed E-state index contributed by atoms with van der Waals surface area (Å²) in [6, 6.07) is 1.75. The number of hydrogen-bond donors (Lipinski definition) is 0. The SMILES string of the molecule is CC#N.[Pb]. The Morgan fingerprint density at radius 2 is 1.75 bits per heavy atom. The Labute approximate surface area is 45.8 Å².